The Hall–Kier alpha value is -2.48. The number of carbonyl (C=O) groups is 1. The van der Waals surface area contributed by atoms with Crippen LogP contribution in [0.25, 0.3) is 0 Å². The monoisotopic (exact) mass is 326 g/mol. The topological polar surface area (TPSA) is 75.3 Å². The number of hydrogen-bond acceptors (Lipinski definition) is 3. The summed E-state index contributed by atoms with van der Waals surface area (Å²) in [6.07, 6.45) is 0.955. The number of hydrogen-bond donors (Lipinski definition) is 2. The number of benzene rings is 2. The van der Waals surface area contributed by atoms with Crippen LogP contribution in [0.1, 0.15) is 10.4 Å². The summed E-state index contributed by atoms with van der Waals surface area (Å²) in [5.74, 6) is -2.78. The second-order valence-corrected chi connectivity index (χ2v) is 6.25. The third-order valence-electron chi connectivity index (χ3n) is 2.64. The molecule has 1 amide bonds. The Morgan fingerprint density at radius 1 is 1.05 bits per heavy atom. The van der Waals surface area contributed by atoms with Crippen LogP contribution in [0, 0.1) is 11.6 Å². The van der Waals surface area contributed by atoms with E-state index in [2.05, 4.69) is 10.0 Å². The van der Waals surface area contributed by atoms with Crippen LogP contribution in [0.5, 0.6) is 0 Å². The molecule has 0 bridgehead atoms. The molecular weight excluding hydrogens is 314 g/mol. The smallest absolute Gasteiger partial charge is 0.257 e. The van der Waals surface area contributed by atoms with Gasteiger partial charge in [0.2, 0.25) is 10.0 Å². The van der Waals surface area contributed by atoms with Gasteiger partial charge in [-0.15, -0.1) is 0 Å². The van der Waals surface area contributed by atoms with E-state index >= 15 is 0 Å². The molecule has 0 spiro atoms. The minimum atomic E-state index is -3.56. The van der Waals surface area contributed by atoms with Crippen molar-refractivity contribution in [1.82, 2.24) is 0 Å². The van der Waals surface area contributed by atoms with E-state index in [-0.39, 0.29) is 16.9 Å². The molecule has 0 unspecified atom stereocenters. The first kappa shape index (κ1) is 15.9. The average molecular weight is 326 g/mol. The molecule has 0 aromatic heterocycles. The van der Waals surface area contributed by atoms with Crippen molar-refractivity contribution in [2.24, 2.45) is 0 Å². The molecule has 0 saturated carbocycles. The summed E-state index contributed by atoms with van der Waals surface area (Å²) < 4.78 is 50.7. The summed E-state index contributed by atoms with van der Waals surface area (Å²) >= 11 is 0. The van der Waals surface area contributed by atoms with Gasteiger partial charge < -0.3 is 5.32 Å². The summed E-state index contributed by atoms with van der Waals surface area (Å²) in [5, 5.41) is 2.37. The zero-order chi connectivity index (χ0) is 16.3. The highest BCUT2D eigenvalue weighted by Crippen LogP contribution is 2.19. The lowest BCUT2D eigenvalue weighted by Crippen LogP contribution is -2.17. The number of rotatable bonds is 4. The van der Waals surface area contributed by atoms with Crippen LogP contribution >= 0.6 is 0 Å². The number of carbonyl (C=O) groups excluding carboxylic acids is 1. The normalized spacial score (nSPS) is 11.0. The second-order valence-electron chi connectivity index (χ2n) is 4.50. The van der Waals surface area contributed by atoms with E-state index in [0.29, 0.717) is 0 Å². The van der Waals surface area contributed by atoms with E-state index in [0.717, 1.165) is 18.4 Å². The molecule has 0 fully saturated rings. The van der Waals surface area contributed by atoms with Gasteiger partial charge in [-0.1, -0.05) is 12.1 Å². The molecule has 2 aromatic rings. The van der Waals surface area contributed by atoms with Crippen molar-refractivity contribution in [3.05, 3.63) is 59.7 Å². The molecular formula is C14H12F2N2O3S. The van der Waals surface area contributed by atoms with Crippen molar-refractivity contribution in [2.45, 2.75) is 0 Å². The number of halogens is 2. The Balaban J connectivity index is 2.28. The van der Waals surface area contributed by atoms with Gasteiger partial charge in [0.25, 0.3) is 5.91 Å². The second kappa shape index (κ2) is 6.10. The molecule has 2 rings (SSSR count). The molecule has 0 aliphatic heterocycles. The summed E-state index contributed by atoms with van der Waals surface area (Å²) in [4.78, 5) is 12.2. The zero-order valence-electron chi connectivity index (χ0n) is 11.4. The third kappa shape index (κ3) is 4.01. The highest BCUT2D eigenvalue weighted by atomic mass is 32.2. The van der Waals surface area contributed by atoms with Gasteiger partial charge in [-0.3, -0.25) is 9.52 Å². The molecule has 2 aromatic carbocycles. The number of nitrogens with one attached hydrogen (secondary N) is 2. The van der Waals surface area contributed by atoms with Gasteiger partial charge in [-0.25, -0.2) is 17.2 Å². The molecule has 0 aliphatic rings. The number of para-hydroxylation sites is 1. The highest BCUT2D eigenvalue weighted by Gasteiger charge is 2.14. The van der Waals surface area contributed by atoms with Crippen LogP contribution in [0.15, 0.2) is 42.5 Å². The Morgan fingerprint density at radius 2 is 1.73 bits per heavy atom. The molecule has 0 radical (unpaired) electrons. The lowest BCUT2D eigenvalue weighted by Gasteiger charge is -2.11. The molecule has 2 N–H and O–H groups in total. The largest absolute Gasteiger partial charge is 0.322 e. The fourth-order valence-corrected chi connectivity index (χ4v) is 2.32. The molecule has 0 atom stereocenters. The SMILES string of the molecule is CS(=O)(=O)Nc1ccccc1C(=O)Nc1ccc(F)c(F)c1. The highest BCUT2D eigenvalue weighted by molar-refractivity contribution is 7.92. The standard InChI is InChI=1S/C14H12F2N2O3S/c1-22(20,21)18-13-5-3-2-4-10(13)14(19)17-9-6-7-11(15)12(16)8-9/h2-8,18H,1H3,(H,17,19). The van der Waals surface area contributed by atoms with Crippen LogP contribution in [0.2, 0.25) is 0 Å². The summed E-state index contributed by atoms with van der Waals surface area (Å²) in [5.41, 5.74) is 0.195. The van der Waals surface area contributed by atoms with Gasteiger partial charge in [0.05, 0.1) is 17.5 Å². The van der Waals surface area contributed by atoms with E-state index in [9.17, 15) is 22.0 Å². The Bertz CT molecular complexity index is 823. The van der Waals surface area contributed by atoms with Gasteiger partial charge in [0.15, 0.2) is 11.6 Å². The molecule has 22 heavy (non-hydrogen) atoms. The molecule has 0 saturated heterocycles. The average Bonchev–Trinajstić information content (AvgIpc) is 2.41. The number of amides is 1. The lowest BCUT2D eigenvalue weighted by atomic mass is 10.1. The van der Waals surface area contributed by atoms with Gasteiger partial charge >= 0.3 is 0 Å². The first-order chi connectivity index (χ1) is 10.3. The predicted octanol–water partition coefficient (Wildman–Crippen LogP) is 2.59. The van der Waals surface area contributed by atoms with Crippen LogP contribution in [-0.4, -0.2) is 20.6 Å². The first-order valence-electron chi connectivity index (χ1n) is 6.09. The fourth-order valence-electron chi connectivity index (χ4n) is 1.74. The van der Waals surface area contributed by atoms with E-state index in [1.807, 2.05) is 0 Å². The van der Waals surface area contributed by atoms with E-state index in [1.165, 1.54) is 18.2 Å². The molecule has 116 valence electrons. The van der Waals surface area contributed by atoms with Crippen LogP contribution < -0.4 is 10.0 Å². The quantitative estimate of drug-likeness (QED) is 0.907. The molecule has 5 nitrogen and oxygen atoms in total. The van der Waals surface area contributed by atoms with E-state index in [4.69, 9.17) is 0 Å². The number of sulfonamides is 1. The maximum Gasteiger partial charge on any atom is 0.257 e. The maximum atomic E-state index is 13.1. The van der Waals surface area contributed by atoms with Crippen molar-refractivity contribution < 1.29 is 22.0 Å². The number of anilines is 2. The molecule has 8 heteroatoms. The van der Waals surface area contributed by atoms with Crippen molar-refractivity contribution in [2.75, 3.05) is 16.3 Å². The van der Waals surface area contributed by atoms with Crippen molar-refractivity contribution in [3.8, 4) is 0 Å². The van der Waals surface area contributed by atoms with Crippen LogP contribution in [0.3, 0.4) is 0 Å². The first-order valence-corrected chi connectivity index (χ1v) is 7.98. The van der Waals surface area contributed by atoms with Crippen LogP contribution in [0.4, 0.5) is 20.2 Å². The Kier molecular flexibility index (Phi) is 4.41. The minimum absolute atomic E-state index is 0.0534. The lowest BCUT2D eigenvalue weighted by molar-refractivity contribution is 0.102. The fraction of sp³-hybridized carbons (Fsp3) is 0.0714. The van der Waals surface area contributed by atoms with Crippen LogP contribution in [-0.2, 0) is 10.0 Å². The van der Waals surface area contributed by atoms with Crippen molar-refractivity contribution in [1.29, 1.82) is 0 Å². The van der Waals surface area contributed by atoms with Gasteiger partial charge in [-0.2, -0.15) is 0 Å². The van der Waals surface area contributed by atoms with Gasteiger partial charge in [-0.05, 0) is 24.3 Å². The summed E-state index contributed by atoms with van der Waals surface area (Å²) in [7, 11) is -3.56. The van der Waals surface area contributed by atoms with Gasteiger partial charge in [0.1, 0.15) is 0 Å². The maximum absolute atomic E-state index is 13.1. The Morgan fingerprint density at radius 3 is 2.36 bits per heavy atom. The van der Waals surface area contributed by atoms with Gasteiger partial charge in [0, 0.05) is 11.8 Å². The van der Waals surface area contributed by atoms with E-state index in [1.54, 1.807) is 12.1 Å². The Labute approximate surface area is 126 Å². The molecule has 0 heterocycles. The van der Waals surface area contributed by atoms with Crippen molar-refractivity contribution in [3.63, 3.8) is 0 Å². The summed E-state index contributed by atoms with van der Waals surface area (Å²) in [6.45, 7) is 0. The predicted molar refractivity (Wildman–Crippen MR) is 79.2 cm³/mol. The summed E-state index contributed by atoms with van der Waals surface area (Å²) in [6, 6.07) is 8.84. The van der Waals surface area contributed by atoms with Crippen molar-refractivity contribution >= 4 is 27.3 Å². The third-order valence-corrected chi connectivity index (χ3v) is 3.24. The minimum Gasteiger partial charge on any atom is -0.322 e. The van der Waals surface area contributed by atoms with E-state index < -0.39 is 27.6 Å². The molecule has 0 aliphatic carbocycles. The zero-order valence-corrected chi connectivity index (χ0v) is 12.2.